The SMILES string of the molecule is Cc1nc(C)c(C(C)NCC2CCC(O)C2)s1. The highest BCUT2D eigenvalue weighted by molar-refractivity contribution is 7.11. The Morgan fingerprint density at radius 1 is 1.47 bits per heavy atom. The fourth-order valence-corrected chi connectivity index (χ4v) is 3.57. The summed E-state index contributed by atoms with van der Waals surface area (Å²) in [7, 11) is 0. The molecule has 0 saturated heterocycles. The first kappa shape index (κ1) is 13.0. The Morgan fingerprint density at radius 3 is 2.76 bits per heavy atom. The smallest absolute Gasteiger partial charge is 0.0900 e. The van der Waals surface area contributed by atoms with Gasteiger partial charge in [0.25, 0.3) is 0 Å². The van der Waals surface area contributed by atoms with E-state index in [1.165, 1.54) is 4.88 Å². The van der Waals surface area contributed by atoms with Crippen LogP contribution in [-0.2, 0) is 0 Å². The molecule has 0 aromatic carbocycles. The van der Waals surface area contributed by atoms with Crippen molar-refractivity contribution in [1.82, 2.24) is 10.3 Å². The van der Waals surface area contributed by atoms with Gasteiger partial charge in [-0.15, -0.1) is 11.3 Å². The van der Waals surface area contributed by atoms with Gasteiger partial charge in [-0.25, -0.2) is 4.98 Å². The topological polar surface area (TPSA) is 45.2 Å². The second-order valence-corrected chi connectivity index (χ2v) is 6.38. The number of nitrogens with zero attached hydrogens (tertiary/aromatic N) is 1. The molecular weight excluding hydrogens is 232 g/mol. The van der Waals surface area contributed by atoms with Crippen LogP contribution in [0.25, 0.3) is 0 Å². The van der Waals surface area contributed by atoms with Gasteiger partial charge < -0.3 is 10.4 Å². The number of aliphatic hydroxyl groups is 1. The van der Waals surface area contributed by atoms with Crippen LogP contribution < -0.4 is 5.32 Å². The molecule has 1 fully saturated rings. The molecule has 96 valence electrons. The van der Waals surface area contributed by atoms with Crippen LogP contribution in [-0.4, -0.2) is 22.7 Å². The van der Waals surface area contributed by atoms with E-state index in [0.717, 1.165) is 36.5 Å². The lowest BCUT2D eigenvalue weighted by Gasteiger charge is -2.16. The maximum atomic E-state index is 9.49. The van der Waals surface area contributed by atoms with Crippen molar-refractivity contribution in [3.8, 4) is 0 Å². The van der Waals surface area contributed by atoms with Crippen LogP contribution >= 0.6 is 11.3 Å². The van der Waals surface area contributed by atoms with Crippen molar-refractivity contribution in [2.75, 3.05) is 6.54 Å². The molecule has 1 aliphatic rings. The Morgan fingerprint density at radius 2 is 2.24 bits per heavy atom. The van der Waals surface area contributed by atoms with E-state index in [0.29, 0.717) is 12.0 Å². The van der Waals surface area contributed by atoms with Crippen molar-refractivity contribution in [2.24, 2.45) is 5.92 Å². The van der Waals surface area contributed by atoms with Crippen LogP contribution in [0.1, 0.15) is 47.8 Å². The molecule has 17 heavy (non-hydrogen) atoms. The zero-order valence-corrected chi connectivity index (χ0v) is 11.7. The lowest BCUT2D eigenvalue weighted by molar-refractivity contribution is 0.177. The van der Waals surface area contributed by atoms with E-state index < -0.39 is 0 Å². The number of rotatable bonds is 4. The predicted molar refractivity (Wildman–Crippen MR) is 71.4 cm³/mol. The third kappa shape index (κ3) is 3.27. The van der Waals surface area contributed by atoms with E-state index in [-0.39, 0.29) is 6.10 Å². The molecule has 0 amide bonds. The number of hydrogen-bond acceptors (Lipinski definition) is 4. The first-order chi connectivity index (χ1) is 8.06. The summed E-state index contributed by atoms with van der Waals surface area (Å²) >= 11 is 1.78. The standard InChI is InChI=1S/C13H22N2OS/c1-8(13-9(2)15-10(3)17-13)14-7-11-4-5-12(16)6-11/h8,11-12,14,16H,4-7H2,1-3H3. The van der Waals surface area contributed by atoms with Crippen molar-refractivity contribution in [3.05, 3.63) is 15.6 Å². The van der Waals surface area contributed by atoms with Gasteiger partial charge in [-0.1, -0.05) is 0 Å². The molecule has 2 rings (SSSR count). The zero-order chi connectivity index (χ0) is 12.4. The maximum Gasteiger partial charge on any atom is 0.0900 e. The highest BCUT2D eigenvalue weighted by Gasteiger charge is 2.23. The Kier molecular flexibility index (Phi) is 4.17. The second kappa shape index (κ2) is 5.46. The minimum atomic E-state index is -0.0653. The molecule has 1 aromatic rings. The first-order valence-electron chi connectivity index (χ1n) is 6.41. The number of aryl methyl sites for hydroxylation is 2. The number of nitrogens with one attached hydrogen (secondary N) is 1. The summed E-state index contributed by atoms with van der Waals surface area (Å²) in [6, 6.07) is 0.374. The van der Waals surface area contributed by atoms with Crippen molar-refractivity contribution in [2.45, 2.75) is 52.2 Å². The first-order valence-corrected chi connectivity index (χ1v) is 7.23. The van der Waals surface area contributed by atoms with E-state index in [9.17, 15) is 5.11 Å². The second-order valence-electron chi connectivity index (χ2n) is 5.15. The van der Waals surface area contributed by atoms with E-state index in [4.69, 9.17) is 0 Å². The number of thiazole rings is 1. The minimum absolute atomic E-state index is 0.0653. The Bertz CT molecular complexity index is 377. The van der Waals surface area contributed by atoms with Gasteiger partial charge in [-0.3, -0.25) is 0 Å². The number of hydrogen-bond donors (Lipinski definition) is 2. The van der Waals surface area contributed by atoms with Crippen LogP contribution in [0.4, 0.5) is 0 Å². The van der Waals surface area contributed by atoms with Gasteiger partial charge in [0.2, 0.25) is 0 Å². The lowest BCUT2D eigenvalue weighted by atomic mass is 10.1. The van der Waals surface area contributed by atoms with E-state index >= 15 is 0 Å². The molecule has 0 bridgehead atoms. The zero-order valence-electron chi connectivity index (χ0n) is 10.9. The molecule has 1 saturated carbocycles. The maximum absolute atomic E-state index is 9.49. The fourth-order valence-electron chi connectivity index (χ4n) is 2.62. The molecule has 0 aliphatic heterocycles. The van der Waals surface area contributed by atoms with Gasteiger partial charge in [-0.05, 0) is 52.5 Å². The summed E-state index contributed by atoms with van der Waals surface area (Å²) < 4.78 is 0. The average molecular weight is 254 g/mol. The highest BCUT2D eigenvalue weighted by Crippen LogP contribution is 2.27. The minimum Gasteiger partial charge on any atom is -0.393 e. The molecule has 1 aliphatic carbocycles. The van der Waals surface area contributed by atoms with Crippen LogP contribution in [0, 0.1) is 19.8 Å². The monoisotopic (exact) mass is 254 g/mol. The van der Waals surface area contributed by atoms with Crippen molar-refractivity contribution >= 4 is 11.3 Å². The van der Waals surface area contributed by atoms with Gasteiger partial charge in [0.05, 0.1) is 16.8 Å². The van der Waals surface area contributed by atoms with E-state index in [1.807, 2.05) is 0 Å². The predicted octanol–water partition coefficient (Wildman–Crippen LogP) is 2.57. The van der Waals surface area contributed by atoms with Crippen LogP contribution in [0.3, 0.4) is 0 Å². The van der Waals surface area contributed by atoms with Gasteiger partial charge >= 0.3 is 0 Å². The largest absolute Gasteiger partial charge is 0.393 e. The highest BCUT2D eigenvalue weighted by atomic mass is 32.1. The third-order valence-corrected chi connectivity index (χ3v) is 4.81. The molecule has 4 heteroatoms. The van der Waals surface area contributed by atoms with Gasteiger partial charge in [-0.2, -0.15) is 0 Å². The molecule has 0 radical (unpaired) electrons. The van der Waals surface area contributed by atoms with Crippen LogP contribution in [0.2, 0.25) is 0 Å². The summed E-state index contributed by atoms with van der Waals surface area (Å²) in [4.78, 5) is 5.81. The lowest BCUT2D eigenvalue weighted by Crippen LogP contribution is -2.24. The normalized spacial score (nSPS) is 26.4. The van der Waals surface area contributed by atoms with Crippen LogP contribution in [0.15, 0.2) is 0 Å². The van der Waals surface area contributed by atoms with Crippen molar-refractivity contribution < 1.29 is 5.11 Å². The molecule has 0 spiro atoms. The van der Waals surface area contributed by atoms with Gasteiger partial charge in [0.1, 0.15) is 0 Å². The number of aromatic nitrogens is 1. The molecule has 1 aromatic heterocycles. The molecule has 3 nitrogen and oxygen atoms in total. The summed E-state index contributed by atoms with van der Waals surface area (Å²) in [5.74, 6) is 0.641. The fraction of sp³-hybridized carbons (Fsp3) is 0.769. The summed E-state index contributed by atoms with van der Waals surface area (Å²) in [5, 5.41) is 14.2. The summed E-state index contributed by atoms with van der Waals surface area (Å²) in [6.07, 6.45) is 3.02. The van der Waals surface area contributed by atoms with E-state index in [1.54, 1.807) is 11.3 Å². The number of aliphatic hydroxyl groups excluding tert-OH is 1. The molecule has 3 atom stereocenters. The van der Waals surface area contributed by atoms with Gasteiger partial charge in [0.15, 0.2) is 0 Å². The summed E-state index contributed by atoms with van der Waals surface area (Å²) in [6.45, 7) is 7.34. The third-order valence-electron chi connectivity index (χ3n) is 3.56. The van der Waals surface area contributed by atoms with Crippen molar-refractivity contribution in [1.29, 1.82) is 0 Å². The Labute approximate surface area is 107 Å². The molecule has 3 unspecified atom stereocenters. The Balaban J connectivity index is 1.85. The molecule has 1 heterocycles. The Hall–Kier alpha value is -0.450. The average Bonchev–Trinajstić information content (AvgIpc) is 2.81. The van der Waals surface area contributed by atoms with Crippen LogP contribution in [0.5, 0.6) is 0 Å². The van der Waals surface area contributed by atoms with Crippen molar-refractivity contribution in [3.63, 3.8) is 0 Å². The van der Waals surface area contributed by atoms with Gasteiger partial charge in [0, 0.05) is 10.9 Å². The summed E-state index contributed by atoms with van der Waals surface area (Å²) in [5.41, 5.74) is 1.15. The molecular formula is C13H22N2OS. The molecule has 2 N–H and O–H groups in total. The van der Waals surface area contributed by atoms with E-state index in [2.05, 4.69) is 31.1 Å². The quantitative estimate of drug-likeness (QED) is 0.868.